The zero-order valence-electron chi connectivity index (χ0n) is 14.1. The normalized spacial score (nSPS) is 30.6. The van der Waals surface area contributed by atoms with Crippen molar-refractivity contribution < 1.29 is 38.9 Å². The minimum absolute atomic E-state index is 0.0921. The van der Waals surface area contributed by atoms with Gasteiger partial charge in [-0.3, -0.25) is 10.1 Å². The van der Waals surface area contributed by atoms with Gasteiger partial charge in [-0.2, -0.15) is 0 Å². The first-order chi connectivity index (χ1) is 12.2. The van der Waals surface area contributed by atoms with E-state index >= 15 is 0 Å². The third-order valence-electron chi connectivity index (χ3n) is 4.15. The molecule has 2 aliphatic heterocycles. The molecule has 2 N–H and O–H groups in total. The van der Waals surface area contributed by atoms with Gasteiger partial charge in [-0.05, 0) is 26.0 Å². The van der Waals surface area contributed by atoms with Gasteiger partial charge in [0.05, 0.1) is 17.1 Å². The van der Waals surface area contributed by atoms with E-state index in [4.69, 9.17) is 18.9 Å². The van der Waals surface area contributed by atoms with Gasteiger partial charge in [0.2, 0.25) is 0 Å². The Hall–Kier alpha value is -2.11. The van der Waals surface area contributed by atoms with E-state index in [0.717, 1.165) is 0 Å². The average molecular weight is 369 g/mol. The van der Waals surface area contributed by atoms with Crippen molar-refractivity contribution in [3.63, 3.8) is 0 Å². The molecular formula is C16H19NO9. The van der Waals surface area contributed by atoms with Crippen LogP contribution in [0, 0.1) is 10.1 Å². The summed E-state index contributed by atoms with van der Waals surface area (Å²) in [5.74, 6) is -1.72. The Morgan fingerprint density at radius 2 is 2.00 bits per heavy atom. The van der Waals surface area contributed by atoms with Crippen LogP contribution in [-0.2, 0) is 18.9 Å². The van der Waals surface area contributed by atoms with Crippen LogP contribution in [0.5, 0.6) is 0 Å². The number of non-ortho nitro benzene ring substituents is 1. The SMILES string of the molecule is CC1(C)O[C@H]2O[C@H]([C@@H](O)CO)[C@H](OC(=O)c3ccc([N+](=O)[O-])cc3)[C@H]2O1. The number of benzene rings is 1. The monoisotopic (exact) mass is 369 g/mol. The molecule has 2 heterocycles. The number of nitro groups is 1. The molecule has 0 aliphatic carbocycles. The maximum absolute atomic E-state index is 12.4. The second-order valence-electron chi connectivity index (χ2n) is 6.49. The van der Waals surface area contributed by atoms with Gasteiger partial charge >= 0.3 is 5.97 Å². The predicted molar refractivity (Wildman–Crippen MR) is 84.1 cm³/mol. The van der Waals surface area contributed by atoms with Crippen LogP contribution in [-0.4, -0.2) is 64.2 Å². The third-order valence-corrected chi connectivity index (χ3v) is 4.15. The molecule has 2 fully saturated rings. The number of esters is 1. The lowest BCUT2D eigenvalue weighted by molar-refractivity contribution is -0.384. The second kappa shape index (κ2) is 6.89. The summed E-state index contributed by atoms with van der Waals surface area (Å²) in [6, 6.07) is 4.90. The van der Waals surface area contributed by atoms with Crippen molar-refractivity contribution in [2.45, 2.75) is 50.3 Å². The van der Waals surface area contributed by atoms with Gasteiger partial charge in [0.15, 0.2) is 24.3 Å². The molecule has 2 saturated heterocycles. The van der Waals surface area contributed by atoms with Crippen molar-refractivity contribution in [2.75, 3.05) is 6.61 Å². The first-order valence-electron chi connectivity index (χ1n) is 7.97. The topological polar surface area (TPSA) is 138 Å². The molecule has 2 aliphatic rings. The van der Waals surface area contributed by atoms with Crippen LogP contribution in [0.4, 0.5) is 5.69 Å². The summed E-state index contributed by atoms with van der Waals surface area (Å²) in [5.41, 5.74) is -0.0665. The van der Waals surface area contributed by atoms with Crippen molar-refractivity contribution in [2.24, 2.45) is 0 Å². The van der Waals surface area contributed by atoms with Gasteiger partial charge in [0, 0.05) is 12.1 Å². The van der Waals surface area contributed by atoms with Crippen molar-refractivity contribution in [3.8, 4) is 0 Å². The van der Waals surface area contributed by atoms with Crippen LogP contribution in [0.15, 0.2) is 24.3 Å². The highest BCUT2D eigenvalue weighted by Gasteiger charge is 2.58. The van der Waals surface area contributed by atoms with Gasteiger partial charge in [-0.15, -0.1) is 0 Å². The summed E-state index contributed by atoms with van der Waals surface area (Å²) < 4.78 is 22.2. The maximum Gasteiger partial charge on any atom is 0.338 e. The molecule has 0 spiro atoms. The van der Waals surface area contributed by atoms with E-state index in [2.05, 4.69) is 0 Å². The number of hydrogen-bond acceptors (Lipinski definition) is 9. The molecule has 142 valence electrons. The summed E-state index contributed by atoms with van der Waals surface area (Å²) in [4.78, 5) is 22.5. The summed E-state index contributed by atoms with van der Waals surface area (Å²) in [5, 5.41) is 29.8. The fourth-order valence-corrected chi connectivity index (χ4v) is 2.96. The first kappa shape index (κ1) is 18.7. The van der Waals surface area contributed by atoms with Gasteiger partial charge in [-0.1, -0.05) is 0 Å². The molecule has 10 nitrogen and oxygen atoms in total. The van der Waals surface area contributed by atoms with Gasteiger partial charge in [0.1, 0.15) is 12.2 Å². The van der Waals surface area contributed by atoms with E-state index in [9.17, 15) is 25.1 Å². The van der Waals surface area contributed by atoms with Crippen molar-refractivity contribution in [1.29, 1.82) is 0 Å². The number of aliphatic hydroxyl groups is 2. The lowest BCUT2D eigenvalue weighted by Crippen LogP contribution is -2.45. The average Bonchev–Trinajstić information content (AvgIpc) is 3.07. The van der Waals surface area contributed by atoms with Gasteiger partial charge in [0.25, 0.3) is 5.69 Å². The highest BCUT2D eigenvalue weighted by atomic mass is 16.8. The van der Waals surface area contributed by atoms with E-state index in [0.29, 0.717) is 0 Å². The summed E-state index contributed by atoms with van der Waals surface area (Å²) >= 11 is 0. The van der Waals surface area contributed by atoms with E-state index in [1.807, 2.05) is 0 Å². The summed E-state index contributed by atoms with van der Waals surface area (Å²) in [7, 11) is 0. The number of carbonyl (C=O) groups excluding carboxylic acids is 1. The number of aliphatic hydroxyl groups excluding tert-OH is 2. The number of rotatable bonds is 5. The third kappa shape index (κ3) is 3.55. The zero-order chi connectivity index (χ0) is 19.1. The van der Waals surface area contributed by atoms with E-state index in [-0.39, 0.29) is 11.3 Å². The molecule has 26 heavy (non-hydrogen) atoms. The number of fused-ring (bicyclic) bond motifs is 1. The fraction of sp³-hybridized carbons (Fsp3) is 0.562. The lowest BCUT2D eigenvalue weighted by atomic mass is 10.1. The van der Waals surface area contributed by atoms with Crippen molar-refractivity contribution in [1.82, 2.24) is 0 Å². The van der Waals surface area contributed by atoms with Crippen LogP contribution in [0.3, 0.4) is 0 Å². The predicted octanol–water partition coefficient (Wildman–Crippen LogP) is 0.350. The van der Waals surface area contributed by atoms with Crippen molar-refractivity contribution in [3.05, 3.63) is 39.9 Å². The Morgan fingerprint density at radius 1 is 1.35 bits per heavy atom. The van der Waals surface area contributed by atoms with Gasteiger partial charge in [-0.25, -0.2) is 4.79 Å². The quantitative estimate of drug-likeness (QED) is 0.428. The Morgan fingerprint density at radius 3 is 2.58 bits per heavy atom. The molecule has 0 saturated carbocycles. The molecule has 0 aromatic heterocycles. The molecule has 10 heteroatoms. The van der Waals surface area contributed by atoms with E-state index < -0.39 is 54.0 Å². The lowest BCUT2D eigenvalue weighted by Gasteiger charge is -2.27. The molecule has 1 aromatic rings. The van der Waals surface area contributed by atoms with E-state index in [1.54, 1.807) is 13.8 Å². The van der Waals surface area contributed by atoms with Crippen LogP contribution in [0.1, 0.15) is 24.2 Å². The maximum atomic E-state index is 12.4. The number of nitro benzene ring substituents is 1. The Kier molecular flexibility index (Phi) is 4.95. The highest BCUT2D eigenvalue weighted by molar-refractivity contribution is 5.89. The minimum atomic E-state index is -1.30. The Balaban J connectivity index is 1.77. The zero-order valence-corrected chi connectivity index (χ0v) is 14.1. The molecule has 0 bridgehead atoms. The standard InChI is InChI=1S/C16H19NO9/c1-16(2)25-13-12(11(10(19)7-18)24-15(13)26-16)23-14(20)8-3-5-9(6-4-8)17(21)22/h3-6,10-13,15,18-19H,7H2,1-2H3/t10-,11+,12-,13+,15+/m0/s1. The van der Waals surface area contributed by atoms with Crippen LogP contribution < -0.4 is 0 Å². The highest BCUT2D eigenvalue weighted by Crippen LogP contribution is 2.39. The molecule has 0 unspecified atom stereocenters. The fourth-order valence-electron chi connectivity index (χ4n) is 2.96. The number of hydrogen-bond donors (Lipinski definition) is 2. The Labute approximate surface area is 148 Å². The minimum Gasteiger partial charge on any atom is -0.453 e. The summed E-state index contributed by atoms with van der Waals surface area (Å²) in [6.45, 7) is 2.74. The Bertz CT molecular complexity index is 689. The summed E-state index contributed by atoms with van der Waals surface area (Å²) in [6.07, 6.45) is -4.99. The number of ether oxygens (including phenoxy) is 4. The van der Waals surface area contributed by atoms with E-state index in [1.165, 1.54) is 24.3 Å². The largest absolute Gasteiger partial charge is 0.453 e. The molecular weight excluding hydrogens is 350 g/mol. The van der Waals surface area contributed by atoms with Crippen LogP contribution in [0.25, 0.3) is 0 Å². The van der Waals surface area contributed by atoms with Crippen molar-refractivity contribution >= 4 is 11.7 Å². The first-order valence-corrected chi connectivity index (χ1v) is 7.97. The smallest absolute Gasteiger partial charge is 0.338 e. The molecule has 0 amide bonds. The van der Waals surface area contributed by atoms with Crippen LogP contribution >= 0.6 is 0 Å². The van der Waals surface area contributed by atoms with Crippen LogP contribution in [0.2, 0.25) is 0 Å². The molecule has 5 atom stereocenters. The molecule has 0 radical (unpaired) electrons. The van der Waals surface area contributed by atoms with Gasteiger partial charge < -0.3 is 29.2 Å². The molecule has 1 aromatic carbocycles. The molecule has 3 rings (SSSR count). The second-order valence-corrected chi connectivity index (χ2v) is 6.49. The number of carbonyl (C=O) groups is 1. The number of nitrogens with zero attached hydrogens (tertiary/aromatic N) is 1.